The molecule has 3 nitrogen and oxygen atoms in total. The average molecular weight is 266 g/mol. The first-order valence-corrected chi connectivity index (χ1v) is 6.60. The maximum atomic E-state index is 9.29. The van der Waals surface area contributed by atoms with Crippen LogP contribution in [-0.2, 0) is 11.3 Å². The normalized spacial score (nSPS) is 11.6. The van der Waals surface area contributed by atoms with Gasteiger partial charge in [-0.1, -0.05) is 42.5 Å². The molecule has 0 saturated carbocycles. The summed E-state index contributed by atoms with van der Waals surface area (Å²) in [5.74, 6) is -0.151. The zero-order valence-corrected chi connectivity index (χ0v) is 11.5. The number of rotatable bonds is 6. The van der Waals surface area contributed by atoms with E-state index in [-0.39, 0.29) is 5.92 Å². The molecule has 0 amide bonds. The molecule has 2 aromatic rings. The lowest BCUT2D eigenvalue weighted by Gasteiger charge is -2.12. The van der Waals surface area contributed by atoms with Gasteiger partial charge in [-0.2, -0.15) is 5.26 Å². The van der Waals surface area contributed by atoms with Gasteiger partial charge in [0.25, 0.3) is 0 Å². The van der Waals surface area contributed by atoms with Gasteiger partial charge in [-0.25, -0.2) is 0 Å². The third-order valence-corrected chi connectivity index (χ3v) is 3.11. The molecule has 20 heavy (non-hydrogen) atoms. The number of hydrogen-bond donors (Lipinski definition) is 1. The Balaban J connectivity index is 2.00. The Morgan fingerprint density at radius 1 is 1.15 bits per heavy atom. The predicted octanol–water partition coefficient (Wildman–Crippen LogP) is 3.55. The molecule has 1 unspecified atom stereocenters. The van der Waals surface area contributed by atoms with Crippen molar-refractivity contribution < 1.29 is 4.74 Å². The van der Waals surface area contributed by atoms with Gasteiger partial charge in [0.2, 0.25) is 0 Å². The lowest BCUT2D eigenvalue weighted by atomic mass is 10.0. The van der Waals surface area contributed by atoms with E-state index in [4.69, 9.17) is 4.74 Å². The Labute approximate surface area is 119 Å². The summed E-state index contributed by atoms with van der Waals surface area (Å²) in [6.07, 6.45) is 0. The fraction of sp³-hybridized carbons (Fsp3) is 0.235. The molecule has 0 radical (unpaired) electrons. The van der Waals surface area contributed by atoms with Gasteiger partial charge in [0.05, 0.1) is 18.6 Å². The first kappa shape index (κ1) is 14.1. The van der Waals surface area contributed by atoms with Crippen molar-refractivity contribution in [3.05, 3.63) is 65.7 Å². The summed E-state index contributed by atoms with van der Waals surface area (Å²) >= 11 is 0. The smallest absolute Gasteiger partial charge is 0.0885 e. The van der Waals surface area contributed by atoms with E-state index in [9.17, 15) is 5.26 Å². The summed E-state index contributed by atoms with van der Waals surface area (Å²) in [6, 6.07) is 20.2. The Bertz CT molecular complexity index is 575. The van der Waals surface area contributed by atoms with Gasteiger partial charge < -0.3 is 10.1 Å². The Hall–Kier alpha value is -2.31. The zero-order chi connectivity index (χ0) is 14.2. The van der Waals surface area contributed by atoms with Crippen molar-refractivity contribution in [2.75, 3.05) is 19.0 Å². The Morgan fingerprint density at radius 2 is 1.95 bits per heavy atom. The molecule has 0 spiro atoms. The molecule has 2 aromatic carbocycles. The summed E-state index contributed by atoms with van der Waals surface area (Å²) in [5, 5.41) is 12.6. The molecule has 1 N–H and O–H groups in total. The summed E-state index contributed by atoms with van der Waals surface area (Å²) in [6.45, 7) is 1.19. The van der Waals surface area contributed by atoms with E-state index < -0.39 is 0 Å². The van der Waals surface area contributed by atoms with Crippen LogP contribution in [0, 0.1) is 11.3 Å². The summed E-state index contributed by atoms with van der Waals surface area (Å²) < 4.78 is 5.12. The topological polar surface area (TPSA) is 45.0 Å². The largest absolute Gasteiger partial charge is 0.383 e. The maximum absolute atomic E-state index is 9.29. The standard InChI is InChI=1S/C17H18N2O/c1-20-13-14-6-5-9-17(10-14)19-12-16(11-18)15-7-3-2-4-8-15/h2-10,16,19H,12-13H2,1H3. The molecule has 1 atom stereocenters. The van der Waals surface area contributed by atoms with Crippen LogP contribution in [0.5, 0.6) is 0 Å². The number of ether oxygens (including phenoxy) is 1. The molecule has 0 fully saturated rings. The number of nitrogens with one attached hydrogen (secondary N) is 1. The van der Waals surface area contributed by atoms with E-state index in [1.807, 2.05) is 54.6 Å². The highest BCUT2D eigenvalue weighted by Gasteiger charge is 2.09. The average Bonchev–Trinajstić information content (AvgIpc) is 2.50. The van der Waals surface area contributed by atoms with E-state index in [1.165, 1.54) is 0 Å². The molecule has 0 aliphatic carbocycles. The van der Waals surface area contributed by atoms with Crippen molar-refractivity contribution in [3.63, 3.8) is 0 Å². The number of nitriles is 1. The minimum Gasteiger partial charge on any atom is -0.383 e. The number of methoxy groups -OCH3 is 1. The second kappa shape index (κ2) is 7.32. The van der Waals surface area contributed by atoms with Crippen molar-refractivity contribution in [2.24, 2.45) is 0 Å². The highest BCUT2D eigenvalue weighted by atomic mass is 16.5. The molecule has 3 heteroatoms. The molecular weight excluding hydrogens is 248 g/mol. The Kier molecular flexibility index (Phi) is 5.16. The van der Waals surface area contributed by atoms with Crippen LogP contribution < -0.4 is 5.32 Å². The van der Waals surface area contributed by atoms with Gasteiger partial charge in [0.1, 0.15) is 0 Å². The third kappa shape index (κ3) is 3.84. The number of benzene rings is 2. The summed E-state index contributed by atoms with van der Waals surface area (Å²) in [5.41, 5.74) is 3.16. The molecule has 0 heterocycles. The van der Waals surface area contributed by atoms with Gasteiger partial charge in [0, 0.05) is 19.3 Å². The van der Waals surface area contributed by atoms with Crippen LogP contribution in [-0.4, -0.2) is 13.7 Å². The van der Waals surface area contributed by atoms with E-state index in [0.717, 1.165) is 16.8 Å². The van der Waals surface area contributed by atoms with Crippen LogP contribution in [0.3, 0.4) is 0 Å². The minimum atomic E-state index is -0.151. The van der Waals surface area contributed by atoms with Gasteiger partial charge >= 0.3 is 0 Å². The van der Waals surface area contributed by atoms with Crippen LogP contribution >= 0.6 is 0 Å². The quantitative estimate of drug-likeness (QED) is 0.869. The lowest BCUT2D eigenvalue weighted by molar-refractivity contribution is 0.185. The highest BCUT2D eigenvalue weighted by Crippen LogP contribution is 2.17. The van der Waals surface area contributed by atoms with Crippen LogP contribution in [0.15, 0.2) is 54.6 Å². The van der Waals surface area contributed by atoms with Crippen molar-refractivity contribution in [1.29, 1.82) is 5.26 Å². The number of anilines is 1. The maximum Gasteiger partial charge on any atom is 0.0885 e. The van der Waals surface area contributed by atoms with Gasteiger partial charge in [0.15, 0.2) is 0 Å². The van der Waals surface area contributed by atoms with Crippen LogP contribution in [0.2, 0.25) is 0 Å². The van der Waals surface area contributed by atoms with E-state index >= 15 is 0 Å². The summed E-state index contributed by atoms with van der Waals surface area (Å²) in [4.78, 5) is 0. The number of nitrogens with zero attached hydrogens (tertiary/aromatic N) is 1. The number of hydrogen-bond acceptors (Lipinski definition) is 3. The highest BCUT2D eigenvalue weighted by molar-refractivity contribution is 5.46. The van der Waals surface area contributed by atoms with Crippen molar-refractivity contribution >= 4 is 5.69 Å². The second-order valence-corrected chi connectivity index (χ2v) is 4.61. The van der Waals surface area contributed by atoms with Crippen LogP contribution in [0.4, 0.5) is 5.69 Å². The molecule has 0 aromatic heterocycles. The van der Waals surface area contributed by atoms with Crippen LogP contribution in [0.1, 0.15) is 17.0 Å². The molecule has 0 saturated heterocycles. The van der Waals surface area contributed by atoms with Gasteiger partial charge in [-0.05, 0) is 23.3 Å². The Morgan fingerprint density at radius 3 is 2.65 bits per heavy atom. The van der Waals surface area contributed by atoms with Crippen LogP contribution in [0.25, 0.3) is 0 Å². The fourth-order valence-corrected chi connectivity index (χ4v) is 2.08. The molecule has 2 rings (SSSR count). The lowest BCUT2D eigenvalue weighted by Crippen LogP contribution is -2.11. The fourth-order valence-electron chi connectivity index (χ4n) is 2.08. The minimum absolute atomic E-state index is 0.151. The summed E-state index contributed by atoms with van der Waals surface area (Å²) in [7, 11) is 1.68. The SMILES string of the molecule is COCc1cccc(NCC(C#N)c2ccccc2)c1. The monoisotopic (exact) mass is 266 g/mol. The molecule has 102 valence electrons. The van der Waals surface area contributed by atoms with E-state index in [2.05, 4.69) is 11.4 Å². The van der Waals surface area contributed by atoms with E-state index in [1.54, 1.807) is 7.11 Å². The molecule has 0 bridgehead atoms. The third-order valence-electron chi connectivity index (χ3n) is 3.11. The molecular formula is C17H18N2O. The van der Waals surface area contributed by atoms with Crippen molar-refractivity contribution in [3.8, 4) is 6.07 Å². The molecule has 0 aliphatic rings. The second-order valence-electron chi connectivity index (χ2n) is 4.61. The molecule has 0 aliphatic heterocycles. The van der Waals surface area contributed by atoms with Gasteiger partial charge in [-0.3, -0.25) is 0 Å². The van der Waals surface area contributed by atoms with Gasteiger partial charge in [-0.15, -0.1) is 0 Å². The first-order chi connectivity index (χ1) is 9.83. The van der Waals surface area contributed by atoms with E-state index in [0.29, 0.717) is 13.2 Å². The van der Waals surface area contributed by atoms with Crippen molar-refractivity contribution in [1.82, 2.24) is 0 Å². The first-order valence-electron chi connectivity index (χ1n) is 6.60. The zero-order valence-electron chi connectivity index (χ0n) is 11.5. The predicted molar refractivity (Wildman–Crippen MR) is 80.4 cm³/mol. The van der Waals surface area contributed by atoms with Crippen molar-refractivity contribution in [2.45, 2.75) is 12.5 Å².